The standard InChI is InChI=1S/C93H117N19O19S/c1-8-9-31-73-91(130)108(4)50-78(116)101-69(47-81(119)120)86(125)103-65(30-21-38-97-93(95)96)88(127)110(6)75(42-56-24-15-11-16-25-56)87(126)106-71-44-59-34-37-62(114)46-74(59)112(90(71)129)51-79(117)100-68(45-60-48-98-64-29-20-19-28-63(60)64)85(124)105-67(40-58-32-35-61(113)36-33-58)84(123)104-66(39-54(2)3)83(122)107-72(82(121)99-49-77(94)115)52-132-53-80(118)102-70(41-55-22-13-10-14-23-55)89(128)111(7)76(92(131)109(73)5)43-57-26-17-12-18-27-57/h10-20,22-29,32-37,46,48,54,65-73,75-76,98,113-114H,8-9,21,30-31,38-45,47,49-53H2,1-7H3,(H2,94,115)(H,99,121)(H,100,117)(H,101,116)(H,102,118)(H,103,125)(H,104,123)(H,105,124)(H,106,126)(H,107,122)(H,119,120)(H4,95,96,97)/t65-,66-,67-,68-,69-,70-,71-,72-,73-,75-,76-/m0/s1. The molecule has 2 aliphatic heterocycles. The molecule has 0 spiro atoms. The van der Waals surface area contributed by atoms with Crippen LogP contribution < -0.4 is 69.5 Å². The molecule has 38 nitrogen and oxygen atoms in total. The molecule has 0 unspecified atom stereocenters. The predicted octanol–water partition coefficient (Wildman–Crippen LogP) is 0.822. The van der Waals surface area contributed by atoms with Crippen LogP contribution in [0.25, 0.3) is 10.9 Å². The summed E-state index contributed by atoms with van der Waals surface area (Å²) in [6.07, 6.45) is -0.415. The van der Waals surface area contributed by atoms with E-state index in [2.05, 4.69) is 58.2 Å². The Hall–Kier alpha value is -14.4. The molecule has 1 aromatic heterocycles. The number of nitrogens with two attached hydrogens (primary N) is 2. The van der Waals surface area contributed by atoms with Gasteiger partial charge >= 0.3 is 5.97 Å². The summed E-state index contributed by atoms with van der Waals surface area (Å²) in [7, 11) is 5.21. The van der Waals surface area contributed by atoms with Gasteiger partial charge in [-0.15, -0.1) is 11.8 Å². The summed E-state index contributed by atoms with van der Waals surface area (Å²) in [4.78, 5) is 245. The molecule has 3 heterocycles. The third-order valence-electron chi connectivity index (χ3n) is 22.6. The zero-order valence-corrected chi connectivity index (χ0v) is 75.4. The Bertz CT molecular complexity index is 5280. The van der Waals surface area contributed by atoms with Crippen molar-refractivity contribution >= 4 is 129 Å². The second-order valence-electron chi connectivity index (χ2n) is 33.3. The van der Waals surface area contributed by atoms with Crippen molar-refractivity contribution in [3.8, 4) is 11.5 Å². The lowest BCUT2D eigenvalue weighted by molar-refractivity contribution is -0.151. The van der Waals surface area contributed by atoms with Crippen LogP contribution in [-0.4, -0.2) is 273 Å². The fourth-order valence-electron chi connectivity index (χ4n) is 15.6. The molecule has 2 aliphatic rings. The highest BCUT2D eigenvalue weighted by molar-refractivity contribution is 8.00. The van der Waals surface area contributed by atoms with E-state index in [0.29, 0.717) is 57.1 Å². The number of aromatic amines is 1. The lowest BCUT2D eigenvalue weighted by atomic mass is 9.95. The minimum atomic E-state index is -1.96. The predicted molar refractivity (Wildman–Crippen MR) is 491 cm³/mol. The largest absolute Gasteiger partial charge is 0.508 e. The van der Waals surface area contributed by atoms with E-state index in [9.17, 15) is 44.1 Å². The number of nitrogens with zero attached hydrogens (tertiary/aromatic N) is 5. The van der Waals surface area contributed by atoms with Gasteiger partial charge in [-0.2, -0.15) is 0 Å². The second kappa shape index (κ2) is 48.8. The van der Waals surface area contributed by atoms with Crippen LogP contribution in [0, 0.1) is 11.3 Å². The van der Waals surface area contributed by atoms with Gasteiger partial charge in [0, 0.05) is 102 Å². The molecule has 2 bridgehead atoms. The number of carbonyl (C=O) groups excluding carboxylic acids is 15. The maximum Gasteiger partial charge on any atom is 0.305 e. The number of phenolic OH excluding ortho intramolecular Hbond substituents is 2. The van der Waals surface area contributed by atoms with Crippen molar-refractivity contribution in [2.45, 2.75) is 171 Å². The number of amides is 15. The minimum Gasteiger partial charge on any atom is -0.508 e. The first-order chi connectivity index (χ1) is 62.9. The number of aromatic hydroxyl groups is 2. The molecule has 132 heavy (non-hydrogen) atoms. The number of carboxylic acids is 1. The summed E-state index contributed by atoms with van der Waals surface area (Å²) in [6.45, 7) is 2.83. The lowest BCUT2D eigenvalue weighted by Gasteiger charge is -2.37. The number of fused-ring (bicyclic) bond motifs is 5. The van der Waals surface area contributed by atoms with Gasteiger partial charge in [0.05, 0.1) is 31.0 Å². The van der Waals surface area contributed by atoms with Crippen LogP contribution in [0.2, 0.25) is 0 Å². The molecule has 1 saturated heterocycles. The van der Waals surface area contributed by atoms with Gasteiger partial charge in [0.15, 0.2) is 5.96 Å². The third-order valence-corrected chi connectivity index (χ3v) is 23.7. The molecular weight excluding hydrogens is 1720 g/mol. The smallest absolute Gasteiger partial charge is 0.305 e. The molecule has 15 amide bonds. The molecule has 0 aliphatic carbocycles. The molecule has 6 aromatic carbocycles. The molecule has 39 heteroatoms. The molecule has 0 saturated carbocycles. The molecule has 7 aromatic rings. The van der Waals surface area contributed by atoms with Gasteiger partial charge in [-0.05, 0) is 89.2 Å². The molecule has 11 atom stereocenters. The van der Waals surface area contributed by atoms with Gasteiger partial charge in [-0.1, -0.05) is 161 Å². The number of benzene rings is 6. The van der Waals surface area contributed by atoms with E-state index in [1.807, 2.05) is 6.92 Å². The number of primary amides is 1. The highest BCUT2D eigenvalue weighted by Gasteiger charge is 2.43. The number of likely N-dealkylation sites (N-methyl/N-ethyl adjacent to an activating group) is 4. The first-order valence-electron chi connectivity index (χ1n) is 43.4. The quantitative estimate of drug-likeness (QED) is 0.0226. The summed E-state index contributed by atoms with van der Waals surface area (Å²) in [5.74, 6) is -17.8. The van der Waals surface area contributed by atoms with Crippen LogP contribution >= 0.6 is 11.8 Å². The van der Waals surface area contributed by atoms with Gasteiger partial charge in [-0.25, -0.2) is 0 Å². The first kappa shape index (κ1) is 101. The summed E-state index contributed by atoms with van der Waals surface area (Å²) in [5, 5.41) is 66.7. The SMILES string of the molecule is CCCC[C@H]1C(=O)N(C)CC(=O)N[C@@H](CC(=O)O)C(=O)N[C@@H](CCCNC(=N)N)C(=O)N(C)[C@@H](Cc2ccccc2)C(=O)N[C@H]2Cc3ccc(O)cc3N(CC(=O)N[C@@H](Cc3c[nH]c4ccccc34)C(=O)N[C@@H](Cc3ccc(O)cc3)C(=O)N[C@@H](CC(C)C)C(=O)N[C@H](C(=O)NCC(N)=O)CSCC(=O)N[C@@H](Cc3ccccc3)C(=O)N(C)[C@@H](Cc3ccccc3)C(=O)N1C)C2=O. The summed E-state index contributed by atoms with van der Waals surface area (Å²) in [6, 6.07) is 25.0. The third kappa shape index (κ3) is 29.6. The summed E-state index contributed by atoms with van der Waals surface area (Å²) in [5.41, 5.74) is 14.6. The monoisotopic (exact) mass is 1840 g/mol. The molecule has 1 fully saturated rings. The average Bonchev–Trinajstić information content (AvgIpc) is 0.892. The summed E-state index contributed by atoms with van der Waals surface area (Å²) >= 11 is 0.820. The number of guanidine groups is 1. The van der Waals surface area contributed by atoms with Crippen molar-refractivity contribution in [1.82, 2.24) is 77.8 Å². The van der Waals surface area contributed by atoms with Gasteiger partial charge < -0.3 is 109 Å². The Morgan fingerprint density at radius 2 is 1.03 bits per heavy atom. The Labute approximate surface area is 767 Å². The van der Waals surface area contributed by atoms with Crippen LogP contribution in [-0.2, 0) is 115 Å². The molecule has 704 valence electrons. The second-order valence-corrected chi connectivity index (χ2v) is 34.3. The van der Waals surface area contributed by atoms with Crippen molar-refractivity contribution in [3.63, 3.8) is 0 Å². The number of H-pyrrole nitrogens is 1. The van der Waals surface area contributed by atoms with E-state index in [1.165, 1.54) is 70.7 Å². The van der Waals surface area contributed by atoms with Crippen LogP contribution in [0.1, 0.15) is 99.1 Å². The highest BCUT2D eigenvalue weighted by Crippen LogP contribution is 2.33. The maximum atomic E-state index is 15.6. The zero-order chi connectivity index (χ0) is 96.0. The number of thioether (sulfide) groups is 1. The number of aromatic nitrogens is 1. The number of rotatable bonds is 24. The average molecular weight is 1840 g/mol. The fraction of sp³-hybridized carbons (Fsp3) is 0.409. The number of unbranched alkanes of at least 4 members (excludes halogenated alkanes) is 1. The van der Waals surface area contributed by atoms with Crippen LogP contribution in [0.3, 0.4) is 0 Å². The van der Waals surface area contributed by atoms with E-state index < -0.39 is 205 Å². The topological polar surface area (TPSA) is 562 Å². The Kier molecular flexibility index (Phi) is 37.5. The van der Waals surface area contributed by atoms with E-state index in [4.69, 9.17) is 16.9 Å². The van der Waals surface area contributed by atoms with Crippen molar-refractivity contribution in [2.24, 2.45) is 17.4 Å². The Balaban J connectivity index is 1.12. The van der Waals surface area contributed by atoms with Crippen LogP contribution in [0.5, 0.6) is 11.5 Å². The van der Waals surface area contributed by atoms with E-state index in [1.54, 1.807) is 135 Å². The van der Waals surface area contributed by atoms with E-state index in [-0.39, 0.29) is 93.9 Å². The molecular formula is C93H117N19O19S. The molecule has 9 rings (SSSR count). The van der Waals surface area contributed by atoms with E-state index >= 15 is 47.9 Å². The number of hydrogen-bond donors (Lipinski definition) is 17. The Morgan fingerprint density at radius 1 is 0.508 bits per heavy atom. The molecule has 0 radical (unpaired) electrons. The lowest BCUT2D eigenvalue weighted by Crippen LogP contribution is -2.61. The van der Waals surface area contributed by atoms with Gasteiger partial charge in [0.1, 0.15) is 84.5 Å². The number of hydrogen-bond acceptors (Lipinski definition) is 20. The summed E-state index contributed by atoms with van der Waals surface area (Å²) < 4.78 is 0. The number of carboxylic acid groups (broad SMARTS) is 1. The van der Waals surface area contributed by atoms with Gasteiger partial charge in [-0.3, -0.25) is 82.1 Å². The van der Waals surface area contributed by atoms with Crippen LogP contribution in [0.15, 0.2) is 164 Å². The van der Waals surface area contributed by atoms with Crippen molar-refractivity contribution in [1.29, 1.82) is 5.41 Å². The zero-order valence-electron chi connectivity index (χ0n) is 74.6. The highest BCUT2D eigenvalue weighted by atomic mass is 32.2. The van der Waals surface area contributed by atoms with Crippen LogP contribution in [0.4, 0.5) is 5.69 Å². The number of aliphatic carboxylic acids is 1. The van der Waals surface area contributed by atoms with Crippen molar-refractivity contribution < 1.29 is 92.0 Å². The molecule has 19 N–H and O–H groups in total. The number of para-hydroxylation sites is 1. The van der Waals surface area contributed by atoms with Crippen molar-refractivity contribution in [3.05, 3.63) is 197 Å². The first-order valence-corrected chi connectivity index (χ1v) is 44.6. The Morgan fingerprint density at radius 3 is 1.65 bits per heavy atom. The normalized spacial score (nSPS) is 21.8. The number of nitrogens with one attached hydrogen (secondary N) is 12. The fourth-order valence-corrected chi connectivity index (χ4v) is 16.5. The number of anilines is 1. The van der Waals surface area contributed by atoms with Crippen molar-refractivity contribution in [2.75, 3.05) is 70.8 Å². The minimum absolute atomic E-state index is 0.0109. The van der Waals surface area contributed by atoms with E-state index in [0.717, 1.165) is 36.3 Å². The number of carbonyl (C=O) groups is 16. The maximum absolute atomic E-state index is 15.6. The van der Waals surface area contributed by atoms with Gasteiger partial charge in [0.25, 0.3) is 0 Å². The number of phenols is 2. The van der Waals surface area contributed by atoms with Gasteiger partial charge in [0.2, 0.25) is 88.6 Å².